The van der Waals surface area contributed by atoms with Crippen LogP contribution in [-0.2, 0) is 4.84 Å². The normalized spacial score (nSPS) is 9.92. The second kappa shape index (κ2) is 3.36. The molecule has 1 rings (SSSR count). The Balaban J connectivity index is 3.08. The largest absolute Gasteiger partial charge is 0.291 e. The highest BCUT2D eigenvalue weighted by atomic mass is 16.7. The summed E-state index contributed by atoms with van der Waals surface area (Å²) in [5, 5.41) is 1.38. The zero-order valence-electron chi connectivity index (χ0n) is 7.29. The summed E-state index contributed by atoms with van der Waals surface area (Å²) in [7, 11) is 3.17. The van der Waals surface area contributed by atoms with E-state index in [4.69, 9.17) is 4.84 Å². The van der Waals surface area contributed by atoms with Gasteiger partial charge in [-0.3, -0.25) is 14.6 Å². The van der Waals surface area contributed by atoms with E-state index in [1.807, 2.05) is 0 Å². The summed E-state index contributed by atoms with van der Waals surface area (Å²) < 4.78 is 0. The molecule has 0 bridgehead atoms. The van der Waals surface area contributed by atoms with Crippen molar-refractivity contribution < 1.29 is 4.84 Å². The lowest BCUT2D eigenvalue weighted by Gasteiger charge is -2.13. The van der Waals surface area contributed by atoms with Crippen molar-refractivity contribution in [3.8, 4) is 0 Å². The van der Waals surface area contributed by atoms with Gasteiger partial charge in [-0.2, -0.15) is 0 Å². The van der Waals surface area contributed by atoms with E-state index in [1.165, 1.54) is 18.2 Å². The van der Waals surface area contributed by atoms with Crippen LogP contribution in [0.5, 0.6) is 0 Å². The molecule has 0 spiro atoms. The van der Waals surface area contributed by atoms with E-state index in [1.54, 1.807) is 14.0 Å². The van der Waals surface area contributed by atoms with Crippen LogP contribution in [0.15, 0.2) is 10.9 Å². The van der Waals surface area contributed by atoms with Gasteiger partial charge in [-0.1, -0.05) is 0 Å². The van der Waals surface area contributed by atoms with E-state index in [-0.39, 0.29) is 5.56 Å². The lowest BCUT2D eigenvalue weighted by molar-refractivity contribution is 0.179. The molecule has 66 valence electrons. The topological polar surface area (TPSA) is 58.2 Å². The minimum absolute atomic E-state index is 0.179. The van der Waals surface area contributed by atoms with Gasteiger partial charge in [-0.25, -0.2) is 10.0 Å². The molecule has 12 heavy (non-hydrogen) atoms. The number of hydrogen-bond donors (Lipinski definition) is 1. The molecule has 0 aromatic carbocycles. The molecular formula is C7H11N3O2. The van der Waals surface area contributed by atoms with Crippen LogP contribution in [-0.4, -0.2) is 24.1 Å². The minimum Gasteiger partial charge on any atom is -0.291 e. The minimum atomic E-state index is -0.179. The predicted molar refractivity (Wildman–Crippen MR) is 45.0 cm³/mol. The van der Waals surface area contributed by atoms with Crippen molar-refractivity contribution in [1.29, 1.82) is 0 Å². The molecule has 5 nitrogen and oxygen atoms in total. The number of nitrogens with zero attached hydrogens (tertiary/aromatic N) is 2. The van der Waals surface area contributed by atoms with Crippen LogP contribution >= 0.6 is 0 Å². The van der Waals surface area contributed by atoms with Crippen molar-refractivity contribution in [2.45, 2.75) is 6.92 Å². The van der Waals surface area contributed by atoms with Crippen molar-refractivity contribution in [2.24, 2.45) is 0 Å². The molecule has 5 heteroatoms. The maximum Gasteiger partial charge on any atom is 0.252 e. The third-order valence-corrected chi connectivity index (χ3v) is 1.43. The van der Waals surface area contributed by atoms with Crippen LogP contribution < -0.4 is 10.6 Å². The zero-order valence-corrected chi connectivity index (χ0v) is 7.29. The molecule has 0 fully saturated rings. The lowest BCUT2D eigenvalue weighted by Crippen LogP contribution is -2.21. The molecule has 1 heterocycles. The van der Waals surface area contributed by atoms with Gasteiger partial charge in [0.2, 0.25) is 5.95 Å². The monoisotopic (exact) mass is 169 g/mol. The van der Waals surface area contributed by atoms with Crippen LogP contribution in [0.3, 0.4) is 0 Å². The van der Waals surface area contributed by atoms with Crippen molar-refractivity contribution in [2.75, 3.05) is 19.2 Å². The molecule has 1 aromatic heterocycles. The Kier molecular flexibility index (Phi) is 2.44. The summed E-state index contributed by atoms with van der Waals surface area (Å²) in [6, 6.07) is 1.42. The molecule has 1 N–H and O–H groups in total. The first-order valence-electron chi connectivity index (χ1n) is 3.49. The summed E-state index contributed by atoms with van der Waals surface area (Å²) in [5.74, 6) is 0.405. The second-order valence-corrected chi connectivity index (χ2v) is 2.39. The molecule has 0 radical (unpaired) electrons. The van der Waals surface area contributed by atoms with Gasteiger partial charge in [0.1, 0.15) is 0 Å². The van der Waals surface area contributed by atoms with E-state index in [2.05, 4.69) is 9.97 Å². The van der Waals surface area contributed by atoms with E-state index in [0.29, 0.717) is 11.6 Å². The molecule has 0 aliphatic rings. The van der Waals surface area contributed by atoms with E-state index in [9.17, 15) is 4.79 Å². The summed E-state index contributed by atoms with van der Waals surface area (Å²) in [5.41, 5.74) is 0.485. The Morgan fingerprint density at radius 1 is 1.67 bits per heavy atom. The third kappa shape index (κ3) is 1.82. The Morgan fingerprint density at radius 2 is 2.33 bits per heavy atom. The van der Waals surface area contributed by atoms with Gasteiger partial charge in [0.05, 0.1) is 7.11 Å². The first-order valence-corrected chi connectivity index (χ1v) is 3.49. The van der Waals surface area contributed by atoms with Crippen molar-refractivity contribution in [3.05, 3.63) is 22.1 Å². The van der Waals surface area contributed by atoms with Crippen LogP contribution in [0, 0.1) is 6.92 Å². The molecular weight excluding hydrogens is 158 g/mol. The number of hydrogen-bond acceptors (Lipinski definition) is 4. The first-order chi connectivity index (χ1) is 5.63. The Hall–Kier alpha value is -1.36. The molecule has 0 saturated heterocycles. The average Bonchev–Trinajstić information content (AvgIpc) is 2.01. The van der Waals surface area contributed by atoms with Gasteiger partial charge in [0.25, 0.3) is 5.56 Å². The first kappa shape index (κ1) is 8.73. The lowest BCUT2D eigenvalue weighted by atomic mass is 10.4. The number of H-pyrrole nitrogens is 1. The number of nitrogens with one attached hydrogen (secondary N) is 1. The van der Waals surface area contributed by atoms with Crippen LogP contribution in [0.1, 0.15) is 5.69 Å². The highest BCUT2D eigenvalue weighted by Gasteiger charge is 2.01. The smallest absolute Gasteiger partial charge is 0.252 e. The Bertz CT molecular complexity index is 321. The summed E-state index contributed by atoms with van der Waals surface area (Å²) in [6.45, 7) is 1.75. The number of aryl methyl sites for hydroxylation is 1. The number of aromatic nitrogens is 2. The highest BCUT2D eigenvalue weighted by molar-refractivity contribution is 5.24. The molecule has 0 atom stereocenters. The standard InChI is InChI=1S/C7H11N3O2/c1-5-4-6(11)9-7(8-5)10(2)12-3/h4H,1-3H3,(H,8,9,11). The Labute approximate surface area is 70.0 Å². The fraction of sp³-hybridized carbons (Fsp3) is 0.429. The number of aromatic amines is 1. The predicted octanol–water partition coefficient (Wildman–Crippen LogP) is 0.0759. The fourth-order valence-corrected chi connectivity index (χ4v) is 0.799. The molecule has 1 aromatic rings. The van der Waals surface area contributed by atoms with E-state index >= 15 is 0 Å². The van der Waals surface area contributed by atoms with Crippen molar-refractivity contribution in [3.63, 3.8) is 0 Å². The van der Waals surface area contributed by atoms with Crippen LogP contribution in [0.4, 0.5) is 5.95 Å². The molecule has 0 aliphatic carbocycles. The van der Waals surface area contributed by atoms with Gasteiger partial charge in [0, 0.05) is 18.8 Å². The SMILES string of the molecule is CON(C)c1nc(C)cc(=O)[nH]1. The van der Waals surface area contributed by atoms with Crippen LogP contribution in [0.2, 0.25) is 0 Å². The van der Waals surface area contributed by atoms with Crippen molar-refractivity contribution in [1.82, 2.24) is 9.97 Å². The summed E-state index contributed by atoms with van der Waals surface area (Å²) >= 11 is 0. The zero-order chi connectivity index (χ0) is 9.14. The van der Waals surface area contributed by atoms with Gasteiger partial charge in [-0.05, 0) is 6.92 Å². The van der Waals surface area contributed by atoms with Crippen LogP contribution in [0.25, 0.3) is 0 Å². The maximum atomic E-state index is 11.0. The molecule has 0 aliphatic heterocycles. The van der Waals surface area contributed by atoms with Crippen molar-refractivity contribution >= 4 is 5.95 Å². The number of anilines is 1. The van der Waals surface area contributed by atoms with E-state index in [0.717, 1.165) is 0 Å². The molecule has 0 amide bonds. The molecule has 0 saturated carbocycles. The second-order valence-electron chi connectivity index (χ2n) is 2.39. The quantitative estimate of drug-likeness (QED) is 0.637. The fourth-order valence-electron chi connectivity index (χ4n) is 0.799. The summed E-state index contributed by atoms with van der Waals surface area (Å²) in [4.78, 5) is 22.4. The third-order valence-electron chi connectivity index (χ3n) is 1.43. The van der Waals surface area contributed by atoms with Gasteiger partial charge < -0.3 is 0 Å². The maximum absolute atomic E-state index is 11.0. The molecule has 0 unspecified atom stereocenters. The highest BCUT2D eigenvalue weighted by Crippen LogP contribution is 2.00. The summed E-state index contributed by atoms with van der Waals surface area (Å²) in [6.07, 6.45) is 0. The number of hydroxylamine groups is 1. The number of rotatable bonds is 2. The average molecular weight is 169 g/mol. The van der Waals surface area contributed by atoms with Gasteiger partial charge >= 0.3 is 0 Å². The Morgan fingerprint density at radius 3 is 2.83 bits per heavy atom. The van der Waals surface area contributed by atoms with E-state index < -0.39 is 0 Å². The van der Waals surface area contributed by atoms with Gasteiger partial charge in [-0.15, -0.1) is 0 Å². The van der Waals surface area contributed by atoms with Gasteiger partial charge in [0.15, 0.2) is 0 Å².